The van der Waals surface area contributed by atoms with E-state index in [1.54, 1.807) is 0 Å². The molecule has 0 bridgehead atoms. The third-order valence-electron chi connectivity index (χ3n) is 4.99. The van der Waals surface area contributed by atoms with E-state index in [2.05, 4.69) is 104 Å². The van der Waals surface area contributed by atoms with Gasteiger partial charge in [0.05, 0.1) is 5.70 Å². The Morgan fingerprint density at radius 2 is 1.00 bits per heavy atom. The topological polar surface area (TPSA) is 12.4 Å². The Bertz CT molecular complexity index is 1160. The van der Waals surface area contributed by atoms with Gasteiger partial charge < -0.3 is 0 Å². The van der Waals surface area contributed by atoms with E-state index in [4.69, 9.17) is 4.99 Å². The number of hydrogen-bond donors (Lipinski definition) is 0. The maximum atomic E-state index is 4.81. The monoisotopic (exact) mass is 373 g/mol. The van der Waals surface area contributed by atoms with Gasteiger partial charge in [0, 0.05) is 11.3 Å². The van der Waals surface area contributed by atoms with Crippen molar-refractivity contribution in [1.82, 2.24) is 0 Å². The first-order chi connectivity index (χ1) is 14.2. The third-order valence-corrected chi connectivity index (χ3v) is 4.99. The van der Waals surface area contributed by atoms with E-state index in [-0.39, 0.29) is 0 Å². The molecule has 0 radical (unpaired) electrons. The van der Waals surface area contributed by atoms with Gasteiger partial charge >= 0.3 is 0 Å². The number of benzene rings is 4. The number of nitrogens with zero attached hydrogens (tertiary/aromatic N) is 1. The Morgan fingerprint density at radius 1 is 0.552 bits per heavy atom. The van der Waals surface area contributed by atoms with Gasteiger partial charge in [-0.2, -0.15) is 0 Å². The van der Waals surface area contributed by atoms with Crippen LogP contribution < -0.4 is 0 Å². The van der Waals surface area contributed by atoms with Crippen LogP contribution in [0.25, 0.3) is 28.0 Å². The Hall–Kier alpha value is -3.71. The van der Waals surface area contributed by atoms with Crippen LogP contribution in [0.1, 0.15) is 18.1 Å². The Balaban J connectivity index is 1.61. The zero-order valence-electron chi connectivity index (χ0n) is 16.5. The largest absolute Gasteiger partial charge is 0.253 e. The summed E-state index contributed by atoms with van der Waals surface area (Å²) in [6.07, 6.45) is 0. The van der Waals surface area contributed by atoms with Crippen molar-refractivity contribution in [3.63, 3.8) is 0 Å². The van der Waals surface area contributed by atoms with Gasteiger partial charge in [-0.15, -0.1) is 0 Å². The highest BCUT2D eigenvalue weighted by Gasteiger charge is 2.05. The van der Waals surface area contributed by atoms with E-state index in [1.807, 2.05) is 19.1 Å². The van der Waals surface area contributed by atoms with Crippen molar-refractivity contribution in [2.45, 2.75) is 6.92 Å². The Labute approximate surface area is 172 Å². The van der Waals surface area contributed by atoms with Crippen LogP contribution in [0.15, 0.2) is 121 Å². The normalized spacial score (nSPS) is 11.3. The molecular weight excluding hydrogens is 350 g/mol. The molecule has 0 heterocycles. The van der Waals surface area contributed by atoms with Gasteiger partial charge in [-0.25, -0.2) is 0 Å². The number of aliphatic imine (C=N–C) groups is 1. The summed E-state index contributed by atoms with van der Waals surface area (Å²) >= 11 is 0. The molecule has 0 spiro atoms. The molecule has 0 aliphatic carbocycles. The number of rotatable bonds is 5. The molecular formula is C28H23N. The predicted octanol–water partition coefficient (Wildman–Crippen LogP) is 7.50. The van der Waals surface area contributed by atoms with Crippen molar-refractivity contribution in [3.05, 3.63) is 127 Å². The van der Waals surface area contributed by atoms with Crippen LogP contribution in [0.4, 0.5) is 0 Å². The summed E-state index contributed by atoms with van der Waals surface area (Å²) in [6.45, 7) is 6.26. The maximum Gasteiger partial charge on any atom is 0.0633 e. The lowest BCUT2D eigenvalue weighted by atomic mass is 10.0. The van der Waals surface area contributed by atoms with Crippen LogP contribution in [0.2, 0.25) is 0 Å². The minimum atomic E-state index is 0.769. The molecule has 1 heteroatoms. The van der Waals surface area contributed by atoms with Gasteiger partial charge in [-0.1, -0.05) is 104 Å². The fourth-order valence-electron chi connectivity index (χ4n) is 3.39. The average molecular weight is 373 g/mol. The summed E-state index contributed by atoms with van der Waals surface area (Å²) in [4.78, 5) is 4.81. The second-order valence-corrected chi connectivity index (χ2v) is 7.04. The second-order valence-electron chi connectivity index (χ2n) is 7.04. The van der Waals surface area contributed by atoms with Gasteiger partial charge in [0.25, 0.3) is 0 Å². The third kappa shape index (κ3) is 4.41. The molecule has 4 rings (SSSR count). The van der Waals surface area contributed by atoms with Gasteiger partial charge in [0.2, 0.25) is 0 Å². The lowest BCUT2D eigenvalue weighted by Gasteiger charge is -2.08. The van der Waals surface area contributed by atoms with Crippen molar-refractivity contribution in [2.75, 3.05) is 0 Å². The molecule has 0 aliphatic rings. The van der Waals surface area contributed by atoms with Crippen LogP contribution >= 0.6 is 0 Å². The van der Waals surface area contributed by atoms with E-state index < -0.39 is 0 Å². The molecule has 0 N–H and O–H groups in total. The van der Waals surface area contributed by atoms with E-state index in [1.165, 1.54) is 22.3 Å². The van der Waals surface area contributed by atoms with E-state index in [9.17, 15) is 0 Å². The van der Waals surface area contributed by atoms with Crippen molar-refractivity contribution >= 4 is 11.4 Å². The van der Waals surface area contributed by atoms with E-state index >= 15 is 0 Å². The molecule has 1 nitrogen and oxygen atoms in total. The summed E-state index contributed by atoms with van der Waals surface area (Å²) in [5, 5.41) is 0. The number of hydrogen-bond acceptors (Lipinski definition) is 1. The highest BCUT2D eigenvalue weighted by Crippen LogP contribution is 2.25. The van der Waals surface area contributed by atoms with Crippen LogP contribution in [0.5, 0.6) is 0 Å². The molecule has 0 atom stereocenters. The predicted molar refractivity (Wildman–Crippen MR) is 125 cm³/mol. The minimum Gasteiger partial charge on any atom is -0.253 e. The van der Waals surface area contributed by atoms with Crippen LogP contribution in [-0.2, 0) is 0 Å². The van der Waals surface area contributed by atoms with Gasteiger partial charge in [-0.05, 0) is 46.9 Å². The molecule has 140 valence electrons. The zero-order valence-corrected chi connectivity index (χ0v) is 16.5. The molecule has 29 heavy (non-hydrogen) atoms. The minimum absolute atomic E-state index is 0.769. The molecule has 0 aromatic heterocycles. The van der Waals surface area contributed by atoms with E-state index in [0.717, 1.165) is 22.5 Å². The molecule has 4 aromatic carbocycles. The smallest absolute Gasteiger partial charge is 0.0633 e. The summed E-state index contributed by atoms with van der Waals surface area (Å²) in [6, 6.07) is 37.6. The highest BCUT2D eigenvalue weighted by molar-refractivity contribution is 6.02. The summed E-state index contributed by atoms with van der Waals surface area (Å²) in [5.41, 5.74) is 8.62. The van der Waals surface area contributed by atoms with Crippen molar-refractivity contribution < 1.29 is 0 Å². The zero-order chi connectivity index (χ0) is 20.1. The SMILES string of the molecule is C=C(N=C(C)c1cccc(-c2ccccc2)c1)c1cccc(-c2ccccc2)c1. The van der Waals surface area contributed by atoms with Gasteiger partial charge in [-0.3, -0.25) is 4.99 Å². The molecule has 0 unspecified atom stereocenters. The Morgan fingerprint density at radius 3 is 1.55 bits per heavy atom. The van der Waals surface area contributed by atoms with E-state index in [0.29, 0.717) is 0 Å². The molecule has 0 aliphatic heterocycles. The van der Waals surface area contributed by atoms with Crippen LogP contribution in [0, 0.1) is 0 Å². The lowest BCUT2D eigenvalue weighted by Crippen LogP contribution is -1.96. The summed E-state index contributed by atoms with van der Waals surface area (Å²) in [7, 11) is 0. The first kappa shape index (κ1) is 18.6. The molecule has 0 saturated carbocycles. The van der Waals surface area contributed by atoms with Gasteiger partial charge in [0.1, 0.15) is 0 Å². The second kappa shape index (κ2) is 8.53. The lowest BCUT2D eigenvalue weighted by molar-refractivity contribution is 1.47. The summed E-state index contributed by atoms with van der Waals surface area (Å²) < 4.78 is 0. The fraction of sp³-hybridized carbons (Fsp3) is 0.0357. The fourth-order valence-corrected chi connectivity index (χ4v) is 3.39. The van der Waals surface area contributed by atoms with Crippen molar-refractivity contribution in [3.8, 4) is 22.3 Å². The quantitative estimate of drug-likeness (QED) is 0.321. The highest BCUT2D eigenvalue weighted by atomic mass is 14.7. The van der Waals surface area contributed by atoms with Gasteiger partial charge in [0.15, 0.2) is 0 Å². The van der Waals surface area contributed by atoms with Crippen molar-refractivity contribution in [2.24, 2.45) is 4.99 Å². The first-order valence-corrected chi connectivity index (χ1v) is 9.76. The average Bonchev–Trinajstić information content (AvgIpc) is 2.80. The molecule has 0 fully saturated rings. The Kier molecular flexibility index (Phi) is 5.49. The van der Waals surface area contributed by atoms with Crippen molar-refractivity contribution in [1.29, 1.82) is 0 Å². The maximum absolute atomic E-state index is 4.81. The molecule has 0 saturated heterocycles. The van der Waals surface area contributed by atoms with Crippen LogP contribution in [0.3, 0.4) is 0 Å². The standard InChI is InChI=1S/C28H23N/c1-21(25-15-9-17-27(19-25)23-11-5-3-6-12-23)29-22(2)26-16-10-18-28(20-26)24-13-7-4-8-14-24/h3-20H,1H2,2H3. The molecule has 0 amide bonds. The summed E-state index contributed by atoms with van der Waals surface area (Å²) in [5.74, 6) is 0. The molecule has 4 aromatic rings. The first-order valence-electron chi connectivity index (χ1n) is 9.76. The van der Waals surface area contributed by atoms with Crippen LogP contribution in [-0.4, -0.2) is 5.71 Å².